The number of carbonyl (C=O) groups is 1. The summed E-state index contributed by atoms with van der Waals surface area (Å²) in [6.45, 7) is 2.95. The number of amides is 1. The normalized spacial score (nSPS) is 21.2. The summed E-state index contributed by atoms with van der Waals surface area (Å²) in [5, 5.41) is 8.75. The molecule has 1 atom stereocenters. The number of benzene rings is 1. The predicted molar refractivity (Wildman–Crippen MR) is 80.3 cm³/mol. The van der Waals surface area contributed by atoms with Crippen LogP contribution in [0.4, 0.5) is 0 Å². The molecule has 2 aliphatic heterocycles. The first-order chi connectivity index (χ1) is 10.7. The fourth-order valence-electron chi connectivity index (χ4n) is 2.81. The van der Waals surface area contributed by atoms with Gasteiger partial charge in [0.15, 0.2) is 0 Å². The molecule has 0 aromatic heterocycles. The molecule has 0 bridgehead atoms. The van der Waals surface area contributed by atoms with Crippen LogP contribution in [0.2, 0.25) is 0 Å². The summed E-state index contributed by atoms with van der Waals surface area (Å²) in [5.74, 6) is 1.52. The van der Waals surface area contributed by atoms with Gasteiger partial charge in [0.2, 0.25) is 5.91 Å². The van der Waals surface area contributed by atoms with Crippen molar-refractivity contribution in [2.75, 3.05) is 26.3 Å². The van der Waals surface area contributed by atoms with Crippen molar-refractivity contribution in [1.82, 2.24) is 4.90 Å². The molecule has 2 saturated heterocycles. The molecule has 2 fully saturated rings. The quantitative estimate of drug-likeness (QED) is 0.834. The lowest BCUT2D eigenvalue weighted by molar-refractivity contribution is -0.140. The third kappa shape index (κ3) is 3.58. The first-order valence-electron chi connectivity index (χ1n) is 7.77. The van der Waals surface area contributed by atoms with E-state index in [0.717, 1.165) is 31.8 Å². The molecule has 5 heteroatoms. The van der Waals surface area contributed by atoms with Crippen molar-refractivity contribution >= 4 is 5.91 Å². The number of nitriles is 1. The molecule has 2 aliphatic rings. The highest BCUT2D eigenvalue weighted by molar-refractivity contribution is 5.77. The fraction of sp³-hybridized carbons (Fsp3) is 0.529. The number of hydrogen-bond acceptors (Lipinski definition) is 4. The maximum atomic E-state index is 12.1. The highest BCUT2D eigenvalue weighted by Gasteiger charge is 2.32. The van der Waals surface area contributed by atoms with Crippen molar-refractivity contribution in [3.8, 4) is 11.8 Å². The largest absolute Gasteiger partial charge is 0.487 e. The second-order valence-electron chi connectivity index (χ2n) is 5.94. The minimum atomic E-state index is 0.0618. The van der Waals surface area contributed by atoms with Crippen molar-refractivity contribution in [2.24, 2.45) is 5.92 Å². The Kier molecular flexibility index (Phi) is 4.59. The Morgan fingerprint density at radius 2 is 2.14 bits per heavy atom. The van der Waals surface area contributed by atoms with E-state index in [9.17, 15) is 4.79 Å². The standard InChI is InChI=1S/C17H20N2O3/c18-9-13-1-4-15(5-2-13)22-16-10-19(11-16)17(20)6-3-14-7-8-21-12-14/h1-2,4-5,14,16H,3,6-8,10-12H2/t14-/m0/s1. The third-order valence-electron chi connectivity index (χ3n) is 4.28. The Morgan fingerprint density at radius 3 is 2.77 bits per heavy atom. The summed E-state index contributed by atoms with van der Waals surface area (Å²) >= 11 is 0. The zero-order valence-electron chi connectivity index (χ0n) is 12.5. The summed E-state index contributed by atoms with van der Waals surface area (Å²) in [6, 6.07) is 9.14. The number of hydrogen-bond donors (Lipinski definition) is 0. The van der Waals surface area contributed by atoms with Crippen molar-refractivity contribution in [3.05, 3.63) is 29.8 Å². The van der Waals surface area contributed by atoms with Crippen LogP contribution in [0.5, 0.6) is 5.75 Å². The molecular formula is C17H20N2O3. The minimum absolute atomic E-state index is 0.0618. The molecule has 0 unspecified atom stereocenters. The molecule has 5 nitrogen and oxygen atoms in total. The van der Waals surface area contributed by atoms with Crippen LogP contribution in [0.15, 0.2) is 24.3 Å². The van der Waals surface area contributed by atoms with Crippen LogP contribution in [-0.4, -0.2) is 43.2 Å². The maximum Gasteiger partial charge on any atom is 0.222 e. The summed E-state index contributed by atoms with van der Waals surface area (Å²) in [7, 11) is 0. The number of likely N-dealkylation sites (tertiary alicyclic amines) is 1. The third-order valence-corrected chi connectivity index (χ3v) is 4.28. The van der Waals surface area contributed by atoms with Crippen molar-refractivity contribution in [2.45, 2.75) is 25.4 Å². The van der Waals surface area contributed by atoms with Crippen molar-refractivity contribution in [3.63, 3.8) is 0 Å². The number of ether oxygens (including phenoxy) is 2. The molecule has 0 saturated carbocycles. The number of rotatable bonds is 5. The lowest BCUT2D eigenvalue weighted by Crippen LogP contribution is -2.56. The molecule has 116 valence electrons. The molecule has 0 radical (unpaired) electrons. The highest BCUT2D eigenvalue weighted by Crippen LogP contribution is 2.22. The van der Waals surface area contributed by atoms with Gasteiger partial charge in [0.05, 0.1) is 24.7 Å². The minimum Gasteiger partial charge on any atom is -0.487 e. The van der Waals surface area contributed by atoms with Gasteiger partial charge in [-0.2, -0.15) is 5.26 Å². The molecule has 1 aromatic rings. The Morgan fingerprint density at radius 1 is 1.36 bits per heavy atom. The van der Waals surface area contributed by atoms with Crippen molar-refractivity contribution < 1.29 is 14.3 Å². The van der Waals surface area contributed by atoms with Gasteiger partial charge in [0.25, 0.3) is 0 Å². The van der Waals surface area contributed by atoms with Crippen LogP contribution in [0.25, 0.3) is 0 Å². The van der Waals surface area contributed by atoms with E-state index in [1.165, 1.54) is 0 Å². The van der Waals surface area contributed by atoms with E-state index in [0.29, 0.717) is 31.0 Å². The Hall–Kier alpha value is -2.06. The molecule has 0 N–H and O–H groups in total. The van der Waals surface area contributed by atoms with Crippen LogP contribution in [-0.2, 0) is 9.53 Å². The first kappa shape index (κ1) is 14.9. The van der Waals surface area contributed by atoms with Crippen LogP contribution in [0.1, 0.15) is 24.8 Å². The zero-order chi connectivity index (χ0) is 15.4. The fourth-order valence-corrected chi connectivity index (χ4v) is 2.81. The maximum absolute atomic E-state index is 12.1. The Bertz CT molecular complexity index is 552. The monoisotopic (exact) mass is 300 g/mol. The average Bonchev–Trinajstić information content (AvgIpc) is 3.02. The van der Waals surface area contributed by atoms with Gasteiger partial charge in [-0.3, -0.25) is 4.79 Å². The van der Waals surface area contributed by atoms with E-state index in [1.807, 2.05) is 4.90 Å². The van der Waals surface area contributed by atoms with Gasteiger partial charge in [0.1, 0.15) is 11.9 Å². The van der Waals surface area contributed by atoms with E-state index >= 15 is 0 Å². The van der Waals surface area contributed by atoms with Gasteiger partial charge in [-0.25, -0.2) is 0 Å². The lowest BCUT2D eigenvalue weighted by atomic mass is 10.0. The van der Waals surface area contributed by atoms with E-state index in [1.54, 1.807) is 24.3 Å². The van der Waals surface area contributed by atoms with Crippen LogP contribution in [0, 0.1) is 17.2 Å². The van der Waals surface area contributed by atoms with E-state index in [4.69, 9.17) is 14.7 Å². The Labute approximate surface area is 130 Å². The van der Waals surface area contributed by atoms with E-state index < -0.39 is 0 Å². The summed E-state index contributed by atoms with van der Waals surface area (Å²) in [4.78, 5) is 13.9. The van der Waals surface area contributed by atoms with Crippen LogP contribution >= 0.6 is 0 Å². The molecule has 1 aromatic carbocycles. The smallest absolute Gasteiger partial charge is 0.222 e. The van der Waals surface area contributed by atoms with Gasteiger partial charge in [0, 0.05) is 19.6 Å². The summed E-state index contributed by atoms with van der Waals surface area (Å²) < 4.78 is 11.1. The first-order valence-corrected chi connectivity index (χ1v) is 7.77. The predicted octanol–water partition coefficient (Wildman–Crippen LogP) is 1.96. The van der Waals surface area contributed by atoms with Crippen molar-refractivity contribution in [1.29, 1.82) is 5.26 Å². The molecule has 0 spiro atoms. The molecule has 0 aliphatic carbocycles. The molecule has 2 heterocycles. The zero-order valence-corrected chi connectivity index (χ0v) is 12.5. The van der Waals surface area contributed by atoms with Crippen LogP contribution in [0.3, 0.4) is 0 Å². The lowest BCUT2D eigenvalue weighted by Gasteiger charge is -2.39. The van der Waals surface area contributed by atoms with Gasteiger partial charge in [-0.1, -0.05) is 0 Å². The second-order valence-corrected chi connectivity index (χ2v) is 5.94. The van der Waals surface area contributed by atoms with Gasteiger partial charge in [-0.05, 0) is 43.0 Å². The highest BCUT2D eigenvalue weighted by atomic mass is 16.5. The SMILES string of the molecule is N#Cc1ccc(OC2CN(C(=O)CC[C@H]3CCOC3)C2)cc1. The number of carbonyl (C=O) groups excluding carboxylic acids is 1. The summed E-state index contributed by atoms with van der Waals surface area (Å²) in [5.41, 5.74) is 0.619. The Balaban J connectivity index is 1.37. The second kappa shape index (κ2) is 6.80. The van der Waals surface area contributed by atoms with E-state index in [2.05, 4.69) is 6.07 Å². The summed E-state index contributed by atoms with van der Waals surface area (Å²) in [6.07, 6.45) is 2.68. The van der Waals surface area contributed by atoms with Gasteiger partial charge >= 0.3 is 0 Å². The van der Waals surface area contributed by atoms with Gasteiger partial charge < -0.3 is 14.4 Å². The van der Waals surface area contributed by atoms with E-state index in [-0.39, 0.29) is 12.0 Å². The topological polar surface area (TPSA) is 62.6 Å². The molecule has 3 rings (SSSR count). The van der Waals surface area contributed by atoms with Gasteiger partial charge in [-0.15, -0.1) is 0 Å². The number of nitrogens with zero attached hydrogens (tertiary/aromatic N) is 2. The molecule has 22 heavy (non-hydrogen) atoms. The average molecular weight is 300 g/mol. The molecular weight excluding hydrogens is 280 g/mol. The molecule has 1 amide bonds. The van der Waals surface area contributed by atoms with Crippen LogP contribution < -0.4 is 4.74 Å².